The highest BCUT2D eigenvalue weighted by Gasteiger charge is 2.44. The Labute approximate surface area is 152 Å². The molecule has 26 heavy (non-hydrogen) atoms. The molecule has 8 heteroatoms. The van der Waals surface area contributed by atoms with Gasteiger partial charge in [0.25, 0.3) is 5.91 Å². The molecule has 0 spiro atoms. The highest BCUT2D eigenvalue weighted by atomic mass is 16.5. The van der Waals surface area contributed by atoms with E-state index >= 15 is 0 Å². The molecule has 0 aromatic carbocycles. The van der Waals surface area contributed by atoms with Crippen LogP contribution < -0.4 is 5.32 Å². The molecule has 0 bridgehead atoms. The maximum absolute atomic E-state index is 12.9. The Balaban J connectivity index is 1.73. The Kier molecular flexibility index (Phi) is 5.62. The molecule has 2 aromatic rings. The molecule has 0 saturated carbocycles. The molecule has 3 rings (SSSR count). The first-order valence-corrected chi connectivity index (χ1v) is 8.64. The van der Waals surface area contributed by atoms with Gasteiger partial charge in [-0.1, -0.05) is 0 Å². The number of hydrogen-bond acceptors (Lipinski definition) is 5. The van der Waals surface area contributed by atoms with Crippen molar-refractivity contribution < 1.29 is 14.3 Å². The molecule has 0 radical (unpaired) electrons. The lowest BCUT2D eigenvalue weighted by Crippen LogP contribution is -2.56. The fraction of sp³-hybridized carbons (Fsp3) is 0.444. The van der Waals surface area contributed by atoms with Crippen molar-refractivity contribution in [2.75, 3.05) is 33.4 Å². The minimum atomic E-state index is -0.789. The van der Waals surface area contributed by atoms with Gasteiger partial charge in [0.2, 0.25) is 5.91 Å². The molecule has 3 heterocycles. The molecule has 1 N–H and O–H groups in total. The predicted octanol–water partition coefficient (Wildman–Crippen LogP) is 0.672. The van der Waals surface area contributed by atoms with Crippen molar-refractivity contribution in [1.29, 1.82) is 0 Å². The smallest absolute Gasteiger partial charge is 0.255 e. The Morgan fingerprint density at radius 3 is 2.69 bits per heavy atom. The number of likely N-dealkylation sites (tertiary alicyclic amines) is 1. The zero-order valence-electron chi connectivity index (χ0n) is 14.8. The van der Waals surface area contributed by atoms with Gasteiger partial charge in [-0.25, -0.2) is 0 Å². The van der Waals surface area contributed by atoms with Crippen molar-refractivity contribution in [2.45, 2.75) is 18.4 Å². The first-order chi connectivity index (χ1) is 12.7. The van der Waals surface area contributed by atoms with Gasteiger partial charge in [-0.2, -0.15) is 5.10 Å². The number of methoxy groups -OCH3 is 1. The first-order valence-electron chi connectivity index (χ1n) is 8.64. The normalized spacial score (nSPS) is 16.3. The molecular formula is C18H23N5O3. The van der Waals surface area contributed by atoms with Crippen molar-refractivity contribution >= 4 is 11.8 Å². The minimum Gasteiger partial charge on any atom is -0.383 e. The summed E-state index contributed by atoms with van der Waals surface area (Å²) in [5, 5.41) is 7.22. The molecule has 1 aliphatic heterocycles. The van der Waals surface area contributed by atoms with Crippen molar-refractivity contribution in [3.05, 3.63) is 48.5 Å². The predicted molar refractivity (Wildman–Crippen MR) is 94.5 cm³/mol. The summed E-state index contributed by atoms with van der Waals surface area (Å²) in [7, 11) is 1.60. The van der Waals surface area contributed by atoms with Crippen LogP contribution in [0.15, 0.2) is 43.0 Å². The highest BCUT2D eigenvalue weighted by molar-refractivity contribution is 5.94. The van der Waals surface area contributed by atoms with E-state index in [1.807, 2.05) is 0 Å². The molecule has 1 fully saturated rings. The SMILES string of the molecule is COCCNC(=O)C1(n2cccn2)CCN(C(=O)c2cccnc2)CC1. The van der Waals surface area contributed by atoms with Crippen LogP contribution in [-0.2, 0) is 15.1 Å². The van der Waals surface area contributed by atoms with Crippen LogP contribution in [0.1, 0.15) is 23.2 Å². The molecule has 138 valence electrons. The Morgan fingerprint density at radius 2 is 2.08 bits per heavy atom. The topological polar surface area (TPSA) is 89.4 Å². The van der Waals surface area contributed by atoms with Crippen LogP contribution in [-0.4, -0.2) is 64.8 Å². The summed E-state index contributed by atoms with van der Waals surface area (Å²) in [6.45, 7) is 1.85. The van der Waals surface area contributed by atoms with E-state index in [1.165, 1.54) is 0 Å². The fourth-order valence-electron chi connectivity index (χ4n) is 3.26. The molecule has 0 atom stereocenters. The van der Waals surface area contributed by atoms with Gasteiger partial charge < -0.3 is 15.0 Å². The zero-order chi connectivity index (χ0) is 18.4. The number of carbonyl (C=O) groups is 2. The van der Waals surface area contributed by atoms with E-state index in [2.05, 4.69) is 15.4 Å². The summed E-state index contributed by atoms with van der Waals surface area (Å²) in [6, 6.07) is 5.30. The molecule has 2 aromatic heterocycles. The van der Waals surface area contributed by atoms with Gasteiger partial charge in [-0.3, -0.25) is 19.3 Å². The van der Waals surface area contributed by atoms with E-state index in [4.69, 9.17) is 4.74 Å². The Bertz CT molecular complexity index is 725. The van der Waals surface area contributed by atoms with Crippen LogP contribution in [0, 0.1) is 0 Å². The van der Waals surface area contributed by atoms with Crippen molar-refractivity contribution in [3.8, 4) is 0 Å². The lowest BCUT2D eigenvalue weighted by Gasteiger charge is -2.40. The second-order valence-electron chi connectivity index (χ2n) is 6.26. The summed E-state index contributed by atoms with van der Waals surface area (Å²) in [6.07, 6.45) is 7.67. The second-order valence-corrected chi connectivity index (χ2v) is 6.26. The Morgan fingerprint density at radius 1 is 1.27 bits per heavy atom. The number of nitrogens with one attached hydrogen (secondary N) is 1. The third-order valence-electron chi connectivity index (χ3n) is 4.74. The third kappa shape index (κ3) is 3.60. The van der Waals surface area contributed by atoms with Gasteiger partial charge in [0.1, 0.15) is 5.54 Å². The van der Waals surface area contributed by atoms with Gasteiger partial charge in [0.05, 0.1) is 12.2 Å². The number of rotatable bonds is 6. The number of amides is 2. The van der Waals surface area contributed by atoms with Crippen LogP contribution >= 0.6 is 0 Å². The quantitative estimate of drug-likeness (QED) is 0.768. The third-order valence-corrected chi connectivity index (χ3v) is 4.74. The van der Waals surface area contributed by atoms with Crippen molar-refractivity contribution in [1.82, 2.24) is 25.0 Å². The van der Waals surface area contributed by atoms with Crippen molar-refractivity contribution in [2.24, 2.45) is 0 Å². The van der Waals surface area contributed by atoms with Crippen molar-refractivity contribution in [3.63, 3.8) is 0 Å². The average Bonchev–Trinajstić information content (AvgIpc) is 3.23. The molecule has 2 amide bonds. The van der Waals surface area contributed by atoms with Crippen LogP contribution in [0.2, 0.25) is 0 Å². The van der Waals surface area contributed by atoms with E-state index in [9.17, 15) is 9.59 Å². The number of pyridine rings is 1. The van der Waals surface area contributed by atoms with E-state index < -0.39 is 5.54 Å². The molecular weight excluding hydrogens is 334 g/mol. The highest BCUT2D eigenvalue weighted by Crippen LogP contribution is 2.30. The largest absolute Gasteiger partial charge is 0.383 e. The number of carbonyl (C=O) groups excluding carboxylic acids is 2. The van der Waals surface area contributed by atoms with Gasteiger partial charge in [-0.15, -0.1) is 0 Å². The minimum absolute atomic E-state index is 0.0630. The maximum Gasteiger partial charge on any atom is 0.255 e. The van der Waals surface area contributed by atoms with Crippen LogP contribution in [0.5, 0.6) is 0 Å². The number of nitrogens with zero attached hydrogens (tertiary/aromatic N) is 4. The maximum atomic E-state index is 12.9. The fourth-order valence-corrected chi connectivity index (χ4v) is 3.26. The standard InChI is InChI=1S/C18H23N5O3/c1-26-13-9-20-17(25)18(23-10-3-8-21-23)5-11-22(12-6-18)16(24)15-4-2-7-19-14-15/h2-4,7-8,10,14H,5-6,9,11-13H2,1H3,(H,20,25). The van der Waals surface area contributed by atoms with Gasteiger partial charge in [0, 0.05) is 51.5 Å². The van der Waals surface area contributed by atoms with Gasteiger partial charge >= 0.3 is 0 Å². The second kappa shape index (κ2) is 8.09. The summed E-state index contributed by atoms with van der Waals surface area (Å²) in [4.78, 5) is 31.3. The van der Waals surface area contributed by atoms with E-state index in [-0.39, 0.29) is 11.8 Å². The number of piperidine rings is 1. The monoisotopic (exact) mass is 357 g/mol. The zero-order valence-corrected chi connectivity index (χ0v) is 14.8. The molecule has 1 aliphatic rings. The Hall–Kier alpha value is -2.74. The van der Waals surface area contributed by atoms with Crippen LogP contribution in [0.4, 0.5) is 0 Å². The number of aromatic nitrogens is 3. The van der Waals surface area contributed by atoms with E-state index in [0.717, 1.165) is 0 Å². The lowest BCUT2D eigenvalue weighted by atomic mass is 9.86. The molecule has 8 nitrogen and oxygen atoms in total. The van der Waals surface area contributed by atoms with E-state index in [1.54, 1.807) is 59.7 Å². The van der Waals surface area contributed by atoms with Gasteiger partial charge in [-0.05, 0) is 31.0 Å². The average molecular weight is 357 g/mol. The van der Waals surface area contributed by atoms with E-state index in [0.29, 0.717) is 44.6 Å². The van der Waals surface area contributed by atoms with Gasteiger partial charge in [0.15, 0.2) is 0 Å². The molecule has 0 aliphatic carbocycles. The lowest BCUT2D eigenvalue weighted by molar-refractivity contribution is -0.133. The summed E-state index contributed by atoms with van der Waals surface area (Å²) >= 11 is 0. The molecule has 0 unspecified atom stereocenters. The summed E-state index contributed by atoms with van der Waals surface area (Å²) < 4.78 is 6.71. The first kappa shape index (κ1) is 18.1. The summed E-state index contributed by atoms with van der Waals surface area (Å²) in [5.74, 6) is -0.154. The van der Waals surface area contributed by atoms with Crippen LogP contribution in [0.25, 0.3) is 0 Å². The molecule has 1 saturated heterocycles. The summed E-state index contributed by atoms with van der Waals surface area (Å²) in [5.41, 5.74) is -0.230. The number of hydrogen-bond donors (Lipinski definition) is 1. The number of ether oxygens (including phenoxy) is 1. The van der Waals surface area contributed by atoms with Crippen LogP contribution in [0.3, 0.4) is 0 Å².